The molecular weight excluding hydrogens is 132 g/mol. The van der Waals surface area contributed by atoms with E-state index in [4.69, 9.17) is 9.47 Å². The minimum atomic E-state index is -0.420. The fraction of sp³-hybridized carbons (Fsp3) is 1.00. The first-order valence-electron chi connectivity index (χ1n) is 3.55. The Kier molecular flexibility index (Phi) is 2.28. The molecule has 1 aliphatic heterocycles. The van der Waals surface area contributed by atoms with Gasteiger partial charge in [0, 0.05) is 6.42 Å². The van der Waals surface area contributed by atoms with Crippen molar-refractivity contribution in [1.82, 2.24) is 0 Å². The van der Waals surface area contributed by atoms with Gasteiger partial charge in [-0.2, -0.15) is 0 Å². The molecule has 0 aliphatic carbocycles. The topological polar surface area (TPSA) is 38.7 Å². The highest BCUT2D eigenvalue weighted by atomic mass is 16.7. The second kappa shape index (κ2) is 2.86. The highest BCUT2D eigenvalue weighted by Gasteiger charge is 2.33. The van der Waals surface area contributed by atoms with Crippen molar-refractivity contribution in [2.75, 3.05) is 13.4 Å². The van der Waals surface area contributed by atoms with Gasteiger partial charge in [0.15, 0.2) is 0 Å². The van der Waals surface area contributed by atoms with Crippen molar-refractivity contribution < 1.29 is 14.6 Å². The van der Waals surface area contributed by atoms with Gasteiger partial charge in [-0.1, -0.05) is 0 Å². The highest BCUT2D eigenvalue weighted by molar-refractivity contribution is 4.81. The Morgan fingerprint density at radius 2 is 2.30 bits per heavy atom. The van der Waals surface area contributed by atoms with Gasteiger partial charge in [-0.05, 0) is 13.8 Å². The molecule has 0 aromatic carbocycles. The third kappa shape index (κ3) is 1.48. The molecule has 60 valence electrons. The summed E-state index contributed by atoms with van der Waals surface area (Å²) in [4.78, 5) is 0. The lowest BCUT2D eigenvalue weighted by Crippen LogP contribution is -2.44. The minimum Gasteiger partial charge on any atom is -0.390 e. The van der Waals surface area contributed by atoms with Gasteiger partial charge < -0.3 is 14.6 Å². The quantitative estimate of drug-likeness (QED) is 0.586. The zero-order chi connectivity index (χ0) is 7.61. The molecule has 1 aliphatic rings. The fourth-order valence-electron chi connectivity index (χ4n) is 0.912. The first-order valence-corrected chi connectivity index (χ1v) is 3.55. The van der Waals surface area contributed by atoms with Crippen molar-refractivity contribution in [3.05, 3.63) is 0 Å². The number of hydrogen-bond donors (Lipinski definition) is 1. The van der Waals surface area contributed by atoms with Crippen molar-refractivity contribution >= 4 is 0 Å². The van der Waals surface area contributed by atoms with Gasteiger partial charge in [-0.25, -0.2) is 0 Å². The summed E-state index contributed by atoms with van der Waals surface area (Å²) < 4.78 is 10.2. The molecule has 0 amide bonds. The van der Waals surface area contributed by atoms with Crippen LogP contribution in [0.1, 0.15) is 20.3 Å². The Balaban J connectivity index is 2.48. The molecule has 3 nitrogen and oxygen atoms in total. The van der Waals surface area contributed by atoms with Crippen LogP contribution < -0.4 is 0 Å². The summed E-state index contributed by atoms with van der Waals surface area (Å²) in [5, 5.41) is 9.26. The van der Waals surface area contributed by atoms with Crippen LogP contribution in [0.2, 0.25) is 0 Å². The Morgan fingerprint density at radius 1 is 1.60 bits per heavy atom. The lowest BCUT2D eigenvalue weighted by Gasteiger charge is -2.35. The fourth-order valence-corrected chi connectivity index (χ4v) is 0.912. The van der Waals surface area contributed by atoms with Crippen LogP contribution in [0.3, 0.4) is 0 Å². The van der Waals surface area contributed by atoms with Crippen molar-refractivity contribution in [2.24, 2.45) is 0 Å². The maximum Gasteiger partial charge on any atom is 0.147 e. The SMILES string of the molecule is CC(O)C1(C)CCOCO1. The van der Waals surface area contributed by atoms with Crippen LogP contribution in [-0.4, -0.2) is 30.2 Å². The summed E-state index contributed by atoms with van der Waals surface area (Å²) in [7, 11) is 0. The zero-order valence-corrected chi connectivity index (χ0v) is 6.46. The summed E-state index contributed by atoms with van der Waals surface area (Å²) in [6, 6.07) is 0. The van der Waals surface area contributed by atoms with E-state index in [-0.39, 0.29) is 0 Å². The van der Waals surface area contributed by atoms with E-state index in [0.29, 0.717) is 13.4 Å². The number of hydrogen-bond acceptors (Lipinski definition) is 3. The highest BCUT2D eigenvalue weighted by Crippen LogP contribution is 2.23. The second-order valence-corrected chi connectivity index (χ2v) is 2.91. The molecule has 1 rings (SSSR count). The number of aliphatic hydroxyl groups excluding tert-OH is 1. The van der Waals surface area contributed by atoms with Crippen LogP contribution in [0.15, 0.2) is 0 Å². The predicted octanol–water partition coefficient (Wildman–Crippen LogP) is 0.520. The lowest BCUT2D eigenvalue weighted by atomic mass is 9.96. The van der Waals surface area contributed by atoms with Gasteiger partial charge in [0.1, 0.15) is 6.79 Å². The van der Waals surface area contributed by atoms with Crippen molar-refractivity contribution in [2.45, 2.75) is 32.0 Å². The molecule has 2 atom stereocenters. The van der Waals surface area contributed by atoms with Gasteiger partial charge in [-0.3, -0.25) is 0 Å². The van der Waals surface area contributed by atoms with Gasteiger partial charge >= 0.3 is 0 Å². The molecular formula is C7H14O3. The normalized spacial score (nSPS) is 37.5. The van der Waals surface area contributed by atoms with Crippen molar-refractivity contribution in [1.29, 1.82) is 0 Å². The van der Waals surface area contributed by atoms with E-state index in [0.717, 1.165) is 6.42 Å². The maximum atomic E-state index is 9.26. The zero-order valence-electron chi connectivity index (χ0n) is 6.46. The van der Waals surface area contributed by atoms with E-state index < -0.39 is 11.7 Å². The molecule has 0 bridgehead atoms. The first-order chi connectivity index (χ1) is 4.65. The van der Waals surface area contributed by atoms with E-state index in [1.807, 2.05) is 6.92 Å². The molecule has 2 unspecified atom stereocenters. The van der Waals surface area contributed by atoms with Crippen LogP contribution in [-0.2, 0) is 9.47 Å². The molecule has 1 saturated heterocycles. The predicted molar refractivity (Wildman–Crippen MR) is 36.6 cm³/mol. The molecule has 0 saturated carbocycles. The van der Waals surface area contributed by atoms with Gasteiger partial charge in [0.05, 0.1) is 18.3 Å². The summed E-state index contributed by atoms with van der Waals surface area (Å²) in [5.74, 6) is 0. The Morgan fingerprint density at radius 3 is 2.60 bits per heavy atom. The van der Waals surface area contributed by atoms with E-state index in [9.17, 15) is 5.11 Å². The molecule has 0 spiro atoms. The van der Waals surface area contributed by atoms with Crippen LogP contribution >= 0.6 is 0 Å². The van der Waals surface area contributed by atoms with Crippen LogP contribution in [0.4, 0.5) is 0 Å². The molecule has 1 heterocycles. The number of rotatable bonds is 1. The summed E-state index contributed by atoms with van der Waals surface area (Å²) in [6.45, 7) is 4.63. The third-order valence-electron chi connectivity index (χ3n) is 2.10. The van der Waals surface area contributed by atoms with Crippen LogP contribution in [0, 0.1) is 0 Å². The number of ether oxygens (including phenoxy) is 2. The average molecular weight is 146 g/mol. The summed E-state index contributed by atoms with van der Waals surface area (Å²) in [6.07, 6.45) is 0.349. The van der Waals surface area contributed by atoms with E-state index in [1.165, 1.54) is 0 Å². The standard InChI is InChI=1S/C7H14O3/c1-6(8)7(2)3-4-9-5-10-7/h6,8H,3-5H2,1-2H3. The molecule has 10 heavy (non-hydrogen) atoms. The van der Waals surface area contributed by atoms with Crippen LogP contribution in [0.25, 0.3) is 0 Å². The Bertz CT molecular complexity index is 105. The van der Waals surface area contributed by atoms with Crippen molar-refractivity contribution in [3.63, 3.8) is 0 Å². The molecule has 1 N–H and O–H groups in total. The maximum absolute atomic E-state index is 9.26. The molecule has 0 radical (unpaired) electrons. The third-order valence-corrected chi connectivity index (χ3v) is 2.10. The monoisotopic (exact) mass is 146 g/mol. The largest absolute Gasteiger partial charge is 0.390 e. The Labute approximate surface area is 60.9 Å². The Hall–Kier alpha value is -0.120. The van der Waals surface area contributed by atoms with Crippen molar-refractivity contribution in [3.8, 4) is 0 Å². The summed E-state index contributed by atoms with van der Waals surface area (Å²) in [5.41, 5.74) is -0.391. The summed E-state index contributed by atoms with van der Waals surface area (Å²) >= 11 is 0. The van der Waals surface area contributed by atoms with Gasteiger partial charge in [0.25, 0.3) is 0 Å². The molecule has 3 heteroatoms. The first kappa shape index (κ1) is 7.98. The smallest absolute Gasteiger partial charge is 0.147 e. The second-order valence-electron chi connectivity index (χ2n) is 2.91. The van der Waals surface area contributed by atoms with Gasteiger partial charge in [-0.15, -0.1) is 0 Å². The molecule has 0 aromatic heterocycles. The molecule has 1 fully saturated rings. The average Bonchev–Trinajstić information content (AvgIpc) is 1.89. The molecule has 0 aromatic rings. The van der Waals surface area contributed by atoms with E-state index in [2.05, 4.69) is 0 Å². The minimum absolute atomic E-state index is 0.307. The lowest BCUT2D eigenvalue weighted by molar-refractivity contribution is -0.218. The van der Waals surface area contributed by atoms with E-state index >= 15 is 0 Å². The van der Waals surface area contributed by atoms with E-state index in [1.54, 1.807) is 6.92 Å². The van der Waals surface area contributed by atoms with Gasteiger partial charge in [0.2, 0.25) is 0 Å². The van der Waals surface area contributed by atoms with Crippen LogP contribution in [0.5, 0.6) is 0 Å². The number of aliphatic hydroxyl groups is 1.